The van der Waals surface area contributed by atoms with Gasteiger partial charge in [0.05, 0.1) is 0 Å². The van der Waals surface area contributed by atoms with Gasteiger partial charge in [-0.15, -0.1) is 0 Å². The van der Waals surface area contributed by atoms with Gasteiger partial charge >= 0.3 is 40.0 Å². The Morgan fingerprint density at radius 2 is 1.14 bits per heavy atom. The Morgan fingerprint density at radius 3 is 1.14 bits per heavy atom. The zero-order valence-corrected chi connectivity index (χ0v) is 5.56. The first kappa shape index (κ1) is 16.1. The van der Waals surface area contributed by atoms with Gasteiger partial charge in [-0.05, 0) is 0 Å². The summed E-state index contributed by atoms with van der Waals surface area (Å²) < 4.78 is 31.6. The predicted octanol–water partition coefficient (Wildman–Crippen LogP) is -1.30. The fourth-order valence-corrected chi connectivity index (χ4v) is 0. The monoisotopic (exact) mass is 280 g/mol. The minimum absolute atomic E-state index is 0. The van der Waals surface area contributed by atoms with E-state index in [1.165, 1.54) is 0 Å². The van der Waals surface area contributed by atoms with Gasteiger partial charge in [0.25, 0.3) is 0 Å². The molecule has 0 saturated heterocycles. The molecule has 0 aliphatic heterocycles. The molecule has 0 saturated carbocycles. The van der Waals surface area contributed by atoms with Crippen molar-refractivity contribution in [3.63, 3.8) is 0 Å². The van der Waals surface area contributed by atoms with Gasteiger partial charge in [0.1, 0.15) is 0 Å². The van der Waals surface area contributed by atoms with Crippen molar-refractivity contribution in [2.45, 2.75) is 0 Å². The van der Waals surface area contributed by atoms with Crippen LogP contribution >= 0.6 is 0 Å². The van der Waals surface area contributed by atoms with Crippen LogP contribution in [-0.4, -0.2) is 47.1 Å². The molecule has 7 heavy (non-hydrogen) atoms. The van der Waals surface area contributed by atoms with Gasteiger partial charge in [0.15, 0.2) is 0 Å². The molecule has 0 aliphatic carbocycles. The molecule has 0 fully saturated rings. The number of hydrogen-bond donors (Lipinski definition) is 2. The van der Waals surface area contributed by atoms with Crippen LogP contribution < -0.4 is 0 Å². The van der Waals surface area contributed by atoms with E-state index in [4.69, 9.17) is 17.5 Å². The van der Waals surface area contributed by atoms with E-state index in [1.54, 1.807) is 0 Å². The normalized spacial score (nSPS) is 8.29. The Balaban J connectivity index is -0.0000000800. The van der Waals surface area contributed by atoms with E-state index in [2.05, 4.69) is 0 Å². The average molecular weight is 279 g/mol. The molecule has 0 bridgehead atoms. The molecular formula is H3GdNaO4S. The molecule has 2 N–H and O–H groups in total. The molecule has 4 nitrogen and oxygen atoms in total. The minimum atomic E-state index is -4.67. The summed E-state index contributed by atoms with van der Waals surface area (Å²) in [5, 5.41) is 0. The van der Waals surface area contributed by atoms with Crippen molar-refractivity contribution in [1.29, 1.82) is 0 Å². The second-order valence-corrected chi connectivity index (χ2v) is 1.34. The first-order valence-electron chi connectivity index (χ1n) is 0.698. The summed E-state index contributed by atoms with van der Waals surface area (Å²) in [5.41, 5.74) is 0. The van der Waals surface area contributed by atoms with Crippen molar-refractivity contribution in [1.82, 2.24) is 0 Å². The van der Waals surface area contributed by atoms with Crippen molar-refractivity contribution in [2.75, 3.05) is 0 Å². The zero-order chi connectivity index (χ0) is 4.50. The summed E-state index contributed by atoms with van der Waals surface area (Å²) in [6.45, 7) is 0. The second-order valence-electron chi connectivity index (χ2n) is 0.448. The van der Waals surface area contributed by atoms with Gasteiger partial charge in [-0.1, -0.05) is 0 Å². The fourth-order valence-electron chi connectivity index (χ4n) is 0. The Bertz CT molecular complexity index is 94.9. The molecule has 0 radical (unpaired) electrons. The van der Waals surface area contributed by atoms with Crippen LogP contribution in [0.5, 0.6) is 0 Å². The van der Waals surface area contributed by atoms with Crippen LogP contribution in [-0.2, 0) is 10.4 Å². The summed E-state index contributed by atoms with van der Waals surface area (Å²) in [6, 6.07) is 0. The summed E-state index contributed by atoms with van der Waals surface area (Å²) in [5.74, 6) is 0. The molecule has 0 atom stereocenters. The van der Waals surface area contributed by atoms with Gasteiger partial charge in [0, 0.05) is 39.9 Å². The van der Waals surface area contributed by atoms with Crippen molar-refractivity contribution >= 4 is 40.0 Å². The summed E-state index contributed by atoms with van der Waals surface area (Å²) in [4.78, 5) is 0. The van der Waals surface area contributed by atoms with Crippen LogP contribution in [0.15, 0.2) is 0 Å². The summed E-state index contributed by atoms with van der Waals surface area (Å²) in [7, 11) is -4.67. The SMILES string of the molecule is O=S(=O)(O)O.[Gd].[NaH]. The second kappa shape index (κ2) is 6.32. The summed E-state index contributed by atoms with van der Waals surface area (Å²) >= 11 is 0. The molecule has 0 aromatic rings. The Morgan fingerprint density at radius 1 is 1.14 bits per heavy atom. The average Bonchev–Trinajstić information content (AvgIpc) is 0.722. The molecule has 7 heteroatoms. The fraction of sp³-hybridized carbons (Fsp3) is 0. The standard InChI is InChI=1S/Gd.Na.H2O4S.H/c;;1-5(2,3)4;/h;;(H2,1,2,3,4);. The number of hydrogen-bond acceptors (Lipinski definition) is 2. The van der Waals surface area contributed by atoms with E-state index in [9.17, 15) is 0 Å². The van der Waals surface area contributed by atoms with Crippen LogP contribution in [0.3, 0.4) is 0 Å². The van der Waals surface area contributed by atoms with Gasteiger partial charge in [0.2, 0.25) is 0 Å². The Kier molecular flexibility index (Phi) is 14.5. The molecule has 0 heterocycles. The van der Waals surface area contributed by atoms with Gasteiger partial charge < -0.3 is 0 Å². The van der Waals surface area contributed by atoms with Gasteiger partial charge in [-0.3, -0.25) is 9.11 Å². The molecule has 0 amide bonds. The molecule has 0 rings (SSSR count). The van der Waals surface area contributed by atoms with Crippen LogP contribution in [0.25, 0.3) is 0 Å². The number of rotatable bonds is 0. The van der Waals surface area contributed by atoms with Crippen LogP contribution in [0.4, 0.5) is 0 Å². The maximum atomic E-state index is 8.74. The molecule has 0 aliphatic rings. The third-order valence-corrected chi connectivity index (χ3v) is 0. The van der Waals surface area contributed by atoms with E-state index < -0.39 is 10.4 Å². The topological polar surface area (TPSA) is 74.6 Å². The molecule has 0 aromatic heterocycles. The maximum absolute atomic E-state index is 8.74. The Hall–Kier alpha value is 2.19. The van der Waals surface area contributed by atoms with E-state index in [1.807, 2.05) is 0 Å². The van der Waals surface area contributed by atoms with Crippen molar-refractivity contribution in [2.24, 2.45) is 0 Å². The zero-order valence-electron chi connectivity index (χ0n) is 2.47. The van der Waals surface area contributed by atoms with Crippen LogP contribution in [0.2, 0.25) is 0 Å². The van der Waals surface area contributed by atoms with Gasteiger partial charge in [-0.25, -0.2) is 0 Å². The van der Waals surface area contributed by atoms with Gasteiger partial charge in [-0.2, -0.15) is 8.42 Å². The first-order valence-corrected chi connectivity index (χ1v) is 2.10. The molecule has 0 unspecified atom stereocenters. The molecular weight excluding hydrogens is 276 g/mol. The Labute approximate surface area is 95.6 Å². The van der Waals surface area contributed by atoms with Crippen molar-refractivity contribution < 1.29 is 57.5 Å². The first-order chi connectivity index (χ1) is 2.00. The van der Waals surface area contributed by atoms with Crippen molar-refractivity contribution in [3.05, 3.63) is 0 Å². The van der Waals surface area contributed by atoms with E-state index in [0.29, 0.717) is 0 Å². The summed E-state index contributed by atoms with van der Waals surface area (Å²) in [6.07, 6.45) is 0. The third-order valence-electron chi connectivity index (χ3n) is 0. The molecule has 0 aromatic carbocycles. The van der Waals surface area contributed by atoms with Crippen molar-refractivity contribution in [3.8, 4) is 0 Å². The van der Waals surface area contributed by atoms with Crippen LogP contribution in [0, 0.1) is 39.9 Å². The molecule has 0 spiro atoms. The van der Waals surface area contributed by atoms with E-state index >= 15 is 0 Å². The van der Waals surface area contributed by atoms with E-state index in [-0.39, 0.29) is 69.5 Å². The van der Waals surface area contributed by atoms with E-state index in [0.717, 1.165) is 0 Å². The molecule has 42 valence electrons. The third kappa shape index (κ3) is 65.3. The predicted molar refractivity (Wildman–Crippen MR) is 21.3 cm³/mol. The van der Waals surface area contributed by atoms with Crippen LogP contribution in [0.1, 0.15) is 0 Å². The quantitative estimate of drug-likeness (QED) is 0.427.